The van der Waals surface area contributed by atoms with Crippen molar-refractivity contribution >= 4 is 5.91 Å². The monoisotopic (exact) mass is 358 g/mol. The molecule has 4 rings (SSSR count). The molecule has 6 heteroatoms. The SMILES string of the molecule is O=C(CCc1ncc(-c2ccc(F)cc2)o1)N(CC1CCOC1)C1CC1. The van der Waals surface area contributed by atoms with Crippen LogP contribution < -0.4 is 0 Å². The molecule has 1 saturated carbocycles. The van der Waals surface area contributed by atoms with Crippen molar-refractivity contribution in [1.29, 1.82) is 0 Å². The molecular formula is C20H23FN2O3. The van der Waals surface area contributed by atoms with E-state index in [0.717, 1.165) is 44.6 Å². The molecule has 1 unspecified atom stereocenters. The van der Waals surface area contributed by atoms with E-state index in [9.17, 15) is 9.18 Å². The number of aryl methyl sites for hydroxylation is 1. The number of oxazole rings is 1. The van der Waals surface area contributed by atoms with Crippen LogP contribution in [0.4, 0.5) is 4.39 Å². The normalized spacial score (nSPS) is 19.7. The summed E-state index contributed by atoms with van der Waals surface area (Å²) in [6.45, 7) is 2.37. The summed E-state index contributed by atoms with van der Waals surface area (Å²) in [7, 11) is 0. The zero-order valence-electron chi connectivity index (χ0n) is 14.7. The second-order valence-electron chi connectivity index (χ2n) is 7.13. The highest BCUT2D eigenvalue weighted by molar-refractivity contribution is 5.77. The fourth-order valence-electron chi connectivity index (χ4n) is 3.38. The maximum absolute atomic E-state index is 13.0. The fraction of sp³-hybridized carbons (Fsp3) is 0.500. The van der Waals surface area contributed by atoms with Crippen molar-refractivity contribution in [2.75, 3.05) is 19.8 Å². The Morgan fingerprint density at radius 1 is 1.23 bits per heavy atom. The smallest absolute Gasteiger partial charge is 0.223 e. The Morgan fingerprint density at radius 3 is 2.73 bits per heavy atom. The number of aromatic nitrogens is 1. The van der Waals surface area contributed by atoms with Crippen molar-refractivity contribution < 1.29 is 18.3 Å². The first kappa shape index (κ1) is 17.2. The summed E-state index contributed by atoms with van der Waals surface area (Å²) in [5.74, 6) is 1.48. The maximum atomic E-state index is 13.0. The standard InChI is InChI=1S/C20H23FN2O3/c21-16-3-1-15(2-4-16)18-11-22-19(26-18)7-8-20(24)23(17-5-6-17)12-14-9-10-25-13-14/h1-4,11,14,17H,5-10,12-13H2. The molecule has 1 aromatic heterocycles. The van der Waals surface area contributed by atoms with Crippen LogP contribution in [0.3, 0.4) is 0 Å². The average Bonchev–Trinajstić information content (AvgIpc) is 3.16. The molecule has 0 N–H and O–H groups in total. The second-order valence-corrected chi connectivity index (χ2v) is 7.13. The van der Waals surface area contributed by atoms with E-state index in [1.165, 1.54) is 12.1 Å². The van der Waals surface area contributed by atoms with Crippen LogP contribution in [0, 0.1) is 11.7 Å². The molecule has 1 aliphatic heterocycles. The van der Waals surface area contributed by atoms with Crippen LogP contribution in [0.15, 0.2) is 34.9 Å². The maximum Gasteiger partial charge on any atom is 0.223 e. The molecule has 0 spiro atoms. The molecule has 2 aliphatic rings. The Kier molecular flexibility index (Phi) is 5.02. The van der Waals surface area contributed by atoms with E-state index in [4.69, 9.17) is 9.15 Å². The third-order valence-corrected chi connectivity index (χ3v) is 5.02. The van der Waals surface area contributed by atoms with E-state index < -0.39 is 0 Å². The minimum absolute atomic E-state index is 0.168. The van der Waals surface area contributed by atoms with Crippen molar-refractivity contribution in [2.45, 2.75) is 38.1 Å². The number of nitrogens with zero attached hydrogens (tertiary/aromatic N) is 2. The summed E-state index contributed by atoms with van der Waals surface area (Å²) in [5.41, 5.74) is 0.775. The van der Waals surface area contributed by atoms with Gasteiger partial charge < -0.3 is 14.1 Å². The lowest BCUT2D eigenvalue weighted by molar-refractivity contribution is -0.132. The van der Waals surface area contributed by atoms with Crippen LogP contribution in [-0.4, -0.2) is 41.6 Å². The van der Waals surface area contributed by atoms with Gasteiger partial charge in [0, 0.05) is 43.5 Å². The largest absolute Gasteiger partial charge is 0.441 e. The number of hydrogen-bond donors (Lipinski definition) is 0. The van der Waals surface area contributed by atoms with Crippen LogP contribution in [0.5, 0.6) is 0 Å². The van der Waals surface area contributed by atoms with Gasteiger partial charge in [-0.15, -0.1) is 0 Å². The van der Waals surface area contributed by atoms with Crippen LogP contribution in [0.2, 0.25) is 0 Å². The summed E-state index contributed by atoms with van der Waals surface area (Å²) in [5, 5.41) is 0. The van der Waals surface area contributed by atoms with Crippen LogP contribution in [-0.2, 0) is 16.0 Å². The minimum Gasteiger partial charge on any atom is -0.441 e. The molecular weight excluding hydrogens is 335 g/mol. The Labute approximate surface area is 152 Å². The van der Waals surface area contributed by atoms with Crippen molar-refractivity contribution in [2.24, 2.45) is 5.92 Å². The van der Waals surface area contributed by atoms with Crippen molar-refractivity contribution in [3.8, 4) is 11.3 Å². The lowest BCUT2D eigenvalue weighted by atomic mass is 10.1. The molecule has 2 heterocycles. The number of benzene rings is 1. The van der Waals surface area contributed by atoms with Crippen LogP contribution in [0.25, 0.3) is 11.3 Å². The molecule has 1 aliphatic carbocycles. The van der Waals surface area contributed by atoms with Gasteiger partial charge in [-0.3, -0.25) is 4.79 Å². The van der Waals surface area contributed by atoms with Gasteiger partial charge in [0.05, 0.1) is 12.8 Å². The van der Waals surface area contributed by atoms with E-state index >= 15 is 0 Å². The number of carbonyl (C=O) groups is 1. The first-order valence-corrected chi connectivity index (χ1v) is 9.27. The van der Waals surface area contributed by atoms with Gasteiger partial charge in [-0.05, 0) is 43.5 Å². The predicted octanol–water partition coefficient (Wildman–Crippen LogP) is 3.44. The Bertz CT molecular complexity index is 749. The highest BCUT2D eigenvalue weighted by Gasteiger charge is 2.34. The number of carbonyl (C=O) groups excluding carboxylic acids is 1. The number of halogens is 1. The molecule has 0 bridgehead atoms. The summed E-state index contributed by atoms with van der Waals surface area (Å²) in [4.78, 5) is 19.0. The molecule has 1 aromatic carbocycles. The number of ether oxygens (including phenoxy) is 1. The Balaban J connectivity index is 1.34. The average molecular weight is 358 g/mol. The van der Waals surface area contributed by atoms with Gasteiger partial charge in [-0.2, -0.15) is 0 Å². The molecule has 26 heavy (non-hydrogen) atoms. The van der Waals surface area contributed by atoms with Crippen molar-refractivity contribution in [1.82, 2.24) is 9.88 Å². The fourth-order valence-corrected chi connectivity index (χ4v) is 3.38. The topological polar surface area (TPSA) is 55.6 Å². The zero-order chi connectivity index (χ0) is 17.9. The van der Waals surface area contributed by atoms with Crippen LogP contribution in [0.1, 0.15) is 31.6 Å². The van der Waals surface area contributed by atoms with Crippen molar-refractivity contribution in [3.05, 3.63) is 42.2 Å². The Morgan fingerprint density at radius 2 is 2.04 bits per heavy atom. The van der Waals surface area contributed by atoms with E-state index in [2.05, 4.69) is 4.98 Å². The molecule has 0 radical (unpaired) electrons. The summed E-state index contributed by atoms with van der Waals surface area (Å²) in [6.07, 6.45) is 5.75. The van der Waals surface area contributed by atoms with E-state index in [0.29, 0.717) is 36.5 Å². The van der Waals surface area contributed by atoms with E-state index in [1.807, 2.05) is 4.90 Å². The first-order valence-electron chi connectivity index (χ1n) is 9.27. The first-order chi connectivity index (χ1) is 12.7. The van der Waals surface area contributed by atoms with Gasteiger partial charge in [0.15, 0.2) is 11.7 Å². The molecule has 2 fully saturated rings. The molecule has 1 saturated heterocycles. The third kappa shape index (κ3) is 4.12. The highest BCUT2D eigenvalue weighted by atomic mass is 19.1. The third-order valence-electron chi connectivity index (χ3n) is 5.02. The number of rotatable bonds is 7. The van der Waals surface area contributed by atoms with Crippen LogP contribution >= 0.6 is 0 Å². The van der Waals surface area contributed by atoms with E-state index in [1.54, 1.807) is 18.3 Å². The van der Waals surface area contributed by atoms with Gasteiger partial charge in [0.2, 0.25) is 5.91 Å². The van der Waals surface area contributed by atoms with E-state index in [-0.39, 0.29) is 11.7 Å². The molecule has 2 aromatic rings. The summed E-state index contributed by atoms with van der Waals surface area (Å²) < 4.78 is 24.2. The summed E-state index contributed by atoms with van der Waals surface area (Å²) in [6, 6.07) is 6.50. The molecule has 138 valence electrons. The molecule has 5 nitrogen and oxygen atoms in total. The van der Waals surface area contributed by atoms with Gasteiger partial charge in [0.1, 0.15) is 5.82 Å². The zero-order valence-corrected chi connectivity index (χ0v) is 14.7. The van der Waals surface area contributed by atoms with Gasteiger partial charge in [0.25, 0.3) is 0 Å². The van der Waals surface area contributed by atoms with Gasteiger partial charge in [-0.1, -0.05) is 0 Å². The minimum atomic E-state index is -0.285. The molecule has 1 atom stereocenters. The lowest BCUT2D eigenvalue weighted by Crippen LogP contribution is -2.37. The lowest BCUT2D eigenvalue weighted by Gasteiger charge is -2.25. The summed E-state index contributed by atoms with van der Waals surface area (Å²) >= 11 is 0. The Hall–Kier alpha value is -2.21. The highest BCUT2D eigenvalue weighted by Crippen LogP contribution is 2.30. The van der Waals surface area contributed by atoms with Gasteiger partial charge >= 0.3 is 0 Å². The number of amides is 1. The quantitative estimate of drug-likeness (QED) is 0.761. The second kappa shape index (κ2) is 7.58. The molecule has 1 amide bonds. The number of hydrogen-bond acceptors (Lipinski definition) is 4. The van der Waals surface area contributed by atoms with Crippen molar-refractivity contribution in [3.63, 3.8) is 0 Å². The van der Waals surface area contributed by atoms with Gasteiger partial charge in [-0.25, -0.2) is 9.37 Å². The predicted molar refractivity (Wildman–Crippen MR) is 93.9 cm³/mol.